The van der Waals surface area contributed by atoms with Crippen LogP contribution >= 0.6 is 0 Å². The lowest BCUT2D eigenvalue weighted by atomic mass is 10.1. The maximum absolute atomic E-state index is 13.5. The van der Waals surface area contributed by atoms with Gasteiger partial charge in [-0.25, -0.2) is 9.50 Å². The van der Waals surface area contributed by atoms with Gasteiger partial charge in [-0.1, -0.05) is 12.1 Å². The summed E-state index contributed by atoms with van der Waals surface area (Å²) in [6.45, 7) is 2.95. The Bertz CT molecular complexity index is 1060. The first kappa shape index (κ1) is 20.5. The van der Waals surface area contributed by atoms with Crippen molar-refractivity contribution in [1.29, 1.82) is 0 Å². The summed E-state index contributed by atoms with van der Waals surface area (Å²) in [7, 11) is 3.18. The second-order valence-electron chi connectivity index (χ2n) is 7.40. The number of rotatable bonds is 5. The van der Waals surface area contributed by atoms with E-state index in [-0.39, 0.29) is 11.7 Å². The predicted octanol–water partition coefficient (Wildman–Crippen LogP) is 4.41. The molecule has 1 aliphatic heterocycles. The van der Waals surface area contributed by atoms with Gasteiger partial charge in [0.05, 0.1) is 26.0 Å². The van der Waals surface area contributed by atoms with Gasteiger partial charge in [-0.05, 0) is 38.4 Å². The van der Waals surface area contributed by atoms with Crippen molar-refractivity contribution < 1.29 is 22.6 Å². The molecule has 30 heavy (non-hydrogen) atoms. The zero-order valence-electron chi connectivity index (χ0n) is 17.0. The van der Waals surface area contributed by atoms with Crippen LogP contribution < -0.4 is 9.47 Å². The molecule has 1 atom stereocenters. The molecule has 9 heteroatoms. The minimum absolute atomic E-state index is 0.0935. The normalized spacial score (nSPS) is 17.6. The van der Waals surface area contributed by atoms with Crippen LogP contribution in [-0.2, 0) is 12.7 Å². The van der Waals surface area contributed by atoms with Gasteiger partial charge in [0.15, 0.2) is 17.1 Å². The van der Waals surface area contributed by atoms with E-state index in [9.17, 15) is 13.2 Å². The van der Waals surface area contributed by atoms with Gasteiger partial charge in [0.25, 0.3) is 0 Å². The third-order valence-electron chi connectivity index (χ3n) is 5.43. The molecule has 1 fully saturated rings. The first-order chi connectivity index (χ1) is 14.3. The average molecular weight is 420 g/mol. The Labute approximate surface area is 172 Å². The van der Waals surface area contributed by atoms with Crippen molar-refractivity contribution in [2.75, 3.05) is 20.8 Å². The first-order valence-electron chi connectivity index (χ1n) is 9.70. The third-order valence-corrected chi connectivity index (χ3v) is 5.43. The molecular formula is C21H23F3N4O2. The van der Waals surface area contributed by atoms with E-state index < -0.39 is 11.9 Å². The van der Waals surface area contributed by atoms with E-state index in [0.29, 0.717) is 29.4 Å². The van der Waals surface area contributed by atoms with Crippen molar-refractivity contribution >= 4 is 5.65 Å². The minimum atomic E-state index is -4.50. The van der Waals surface area contributed by atoms with Crippen LogP contribution in [0, 0.1) is 6.92 Å². The number of halogens is 3. The van der Waals surface area contributed by atoms with Crippen LogP contribution in [0.3, 0.4) is 0 Å². The van der Waals surface area contributed by atoms with Gasteiger partial charge < -0.3 is 9.47 Å². The Kier molecular flexibility index (Phi) is 5.31. The van der Waals surface area contributed by atoms with Gasteiger partial charge in [0, 0.05) is 23.9 Å². The smallest absolute Gasteiger partial charge is 0.433 e. The molecule has 0 bridgehead atoms. The van der Waals surface area contributed by atoms with Gasteiger partial charge in [0.1, 0.15) is 5.69 Å². The van der Waals surface area contributed by atoms with Crippen LogP contribution in [0.2, 0.25) is 0 Å². The molecule has 6 nitrogen and oxygen atoms in total. The summed E-state index contributed by atoms with van der Waals surface area (Å²) in [6, 6.07) is 8.29. The lowest BCUT2D eigenvalue weighted by molar-refractivity contribution is -0.142. The number of hydrogen-bond acceptors (Lipinski definition) is 5. The highest BCUT2D eigenvalue weighted by molar-refractivity contribution is 5.47. The van der Waals surface area contributed by atoms with Crippen molar-refractivity contribution in [3.8, 4) is 11.5 Å². The monoisotopic (exact) mass is 420 g/mol. The fourth-order valence-corrected chi connectivity index (χ4v) is 4.13. The number of ether oxygens (including phenoxy) is 2. The van der Waals surface area contributed by atoms with Gasteiger partial charge in [-0.3, -0.25) is 4.90 Å². The minimum Gasteiger partial charge on any atom is -0.493 e. The summed E-state index contributed by atoms with van der Waals surface area (Å²) >= 11 is 0. The molecule has 0 N–H and O–H groups in total. The molecule has 160 valence electrons. The molecule has 3 heterocycles. The number of fused-ring (bicyclic) bond motifs is 1. The standard InChI is InChI=1S/C21H23F3N4O2/c1-13-10-18(21(22,23)24)28-19(25-13)11-15(26-28)16-7-5-9-27(16)12-14-6-4-8-17(29-2)20(14)30-3/h4,6,8,10-11,16H,5,7,9,12H2,1-3H3/t16-/m1/s1. The van der Waals surface area contributed by atoms with Crippen molar-refractivity contribution in [3.05, 3.63) is 53.0 Å². The highest BCUT2D eigenvalue weighted by Crippen LogP contribution is 2.38. The Morgan fingerprint density at radius 1 is 1.17 bits per heavy atom. The summed E-state index contributed by atoms with van der Waals surface area (Å²) in [4.78, 5) is 6.45. The maximum atomic E-state index is 13.5. The molecular weight excluding hydrogens is 397 g/mol. The topological polar surface area (TPSA) is 51.9 Å². The van der Waals surface area contributed by atoms with Crippen molar-refractivity contribution in [3.63, 3.8) is 0 Å². The van der Waals surface area contributed by atoms with Crippen LogP contribution in [0.25, 0.3) is 5.65 Å². The number of alkyl halides is 3. The molecule has 1 saturated heterocycles. The Hall–Kier alpha value is -2.81. The van der Waals surface area contributed by atoms with E-state index in [1.165, 1.54) is 0 Å². The van der Waals surface area contributed by atoms with Crippen molar-refractivity contribution in [2.45, 2.75) is 38.5 Å². The molecule has 2 aromatic heterocycles. The third kappa shape index (κ3) is 3.69. The summed E-state index contributed by atoms with van der Waals surface area (Å²) in [5.74, 6) is 1.31. The van der Waals surface area contributed by atoms with Gasteiger partial charge in [-0.2, -0.15) is 18.3 Å². The fraction of sp³-hybridized carbons (Fsp3) is 0.429. The molecule has 4 rings (SSSR count). The van der Waals surface area contributed by atoms with Gasteiger partial charge in [-0.15, -0.1) is 0 Å². The summed E-state index contributed by atoms with van der Waals surface area (Å²) < 4.78 is 52.2. The summed E-state index contributed by atoms with van der Waals surface area (Å²) in [5, 5.41) is 4.31. The fourth-order valence-electron chi connectivity index (χ4n) is 4.13. The maximum Gasteiger partial charge on any atom is 0.433 e. The summed E-state index contributed by atoms with van der Waals surface area (Å²) in [6.07, 6.45) is -2.75. The number of likely N-dealkylation sites (tertiary alicyclic amines) is 1. The van der Waals surface area contributed by atoms with Crippen LogP contribution in [0.5, 0.6) is 11.5 Å². The summed E-state index contributed by atoms with van der Waals surface area (Å²) in [5.41, 5.74) is 1.26. The van der Waals surface area contributed by atoms with E-state index in [0.717, 1.165) is 35.5 Å². The molecule has 0 aliphatic carbocycles. The second kappa shape index (κ2) is 7.79. The second-order valence-corrected chi connectivity index (χ2v) is 7.40. The zero-order valence-corrected chi connectivity index (χ0v) is 17.0. The van der Waals surface area contributed by atoms with E-state index in [1.54, 1.807) is 27.2 Å². The van der Waals surface area contributed by atoms with E-state index >= 15 is 0 Å². The zero-order chi connectivity index (χ0) is 21.5. The number of methoxy groups -OCH3 is 2. The molecule has 0 spiro atoms. The van der Waals surface area contributed by atoms with Crippen LogP contribution in [-0.4, -0.2) is 40.3 Å². The molecule has 1 aromatic carbocycles. The molecule has 1 aliphatic rings. The van der Waals surface area contributed by atoms with Gasteiger partial charge in [0.2, 0.25) is 0 Å². The molecule has 0 radical (unpaired) electrons. The SMILES string of the molecule is COc1cccc(CN2CCC[C@@H]2c2cc3nc(C)cc(C(F)(F)F)n3n2)c1OC. The van der Waals surface area contributed by atoms with E-state index in [1.807, 2.05) is 18.2 Å². The van der Waals surface area contributed by atoms with Gasteiger partial charge >= 0.3 is 6.18 Å². The molecule has 3 aromatic rings. The van der Waals surface area contributed by atoms with Crippen LogP contribution in [0.15, 0.2) is 30.3 Å². The average Bonchev–Trinajstić information content (AvgIpc) is 3.32. The Balaban J connectivity index is 1.69. The first-order valence-corrected chi connectivity index (χ1v) is 9.70. The lowest BCUT2D eigenvalue weighted by Crippen LogP contribution is -2.23. The molecule has 0 saturated carbocycles. The Morgan fingerprint density at radius 2 is 1.97 bits per heavy atom. The number of nitrogens with zero attached hydrogens (tertiary/aromatic N) is 4. The van der Waals surface area contributed by atoms with Crippen LogP contribution in [0.1, 0.15) is 41.5 Å². The Morgan fingerprint density at radius 3 is 2.67 bits per heavy atom. The largest absolute Gasteiger partial charge is 0.493 e. The van der Waals surface area contributed by atoms with Crippen molar-refractivity contribution in [2.24, 2.45) is 0 Å². The number of para-hydroxylation sites is 1. The molecule has 0 unspecified atom stereocenters. The molecule has 0 amide bonds. The van der Waals surface area contributed by atoms with Crippen LogP contribution in [0.4, 0.5) is 13.2 Å². The van der Waals surface area contributed by atoms with Crippen molar-refractivity contribution in [1.82, 2.24) is 19.5 Å². The lowest BCUT2D eigenvalue weighted by Gasteiger charge is -2.24. The van der Waals surface area contributed by atoms with E-state index in [2.05, 4.69) is 15.0 Å². The number of benzene rings is 1. The highest BCUT2D eigenvalue weighted by Gasteiger charge is 2.36. The van der Waals surface area contributed by atoms with E-state index in [4.69, 9.17) is 9.47 Å². The number of hydrogen-bond donors (Lipinski definition) is 0. The predicted molar refractivity (Wildman–Crippen MR) is 105 cm³/mol. The quantitative estimate of drug-likeness (QED) is 0.612. The number of aryl methyl sites for hydroxylation is 1. The highest BCUT2D eigenvalue weighted by atomic mass is 19.4. The number of aromatic nitrogens is 3.